The van der Waals surface area contributed by atoms with Crippen molar-refractivity contribution in [2.75, 3.05) is 47.6 Å². The molecule has 2 amide bonds. The Morgan fingerprint density at radius 2 is 1.80 bits per heavy atom. The molecule has 25 heavy (non-hydrogen) atoms. The van der Waals surface area contributed by atoms with E-state index < -0.39 is 0 Å². The van der Waals surface area contributed by atoms with E-state index in [2.05, 4.69) is 5.32 Å². The number of amides is 2. The highest BCUT2D eigenvalue weighted by molar-refractivity contribution is 5.95. The lowest BCUT2D eigenvalue weighted by Crippen LogP contribution is -2.42. The molecular weight excluding hydrogens is 324 g/mol. The van der Waals surface area contributed by atoms with Crippen molar-refractivity contribution in [1.82, 2.24) is 10.2 Å². The van der Waals surface area contributed by atoms with Crippen molar-refractivity contribution < 1.29 is 23.8 Å². The summed E-state index contributed by atoms with van der Waals surface area (Å²) in [5, 5.41) is 2.86. The van der Waals surface area contributed by atoms with E-state index in [0.29, 0.717) is 42.6 Å². The maximum atomic E-state index is 12.7. The van der Waals surface area contributed by atoms with Gasteiger partial charge in [-0.05, 0) is 37.0 Å². The third kappa shape index (κ3) is 5.09. The topological polar surface area (TPSA) is 77.1 Å². The average molecular weight is 350 g/mol. The molecule has 1 saturated heterocycles. The van der Waals surface area contributed by atoms with E-state index in [-0.39, 0.29) is 18.4 Å². The van der Waals surface area contributed by atoms with Gasteiger partial charge in [0.1, 0.15) is 6.61 Å². The van der Waals surface area contributed by atoms with Crippen LogP contribution in [0.5, 0.6) is 11.5 Å². The second-order valence-electron chi connectivity index (χ2n) is 6.04. The molecule has 1 aromatic rings. The predicted molar refractivity (Wildman–Crippen MR) is 93.1 cm³/mol. The number of piperidine rings is 1. The number of nitrogens with one attached hydrogen (secondary N) is 1. The maximum Gasteiger partial charge on any atom is 0.253 e. The number of likely N-dealkylation sites (tertiary alicyclic amines) is 1. The quantitative estimate of drug-likeness (QED) is 0.802. The molecule has 1 fully saturated rings. The van der Waals surface area contributed by atoms with Gasteiger partial charge in [-0.25, -0.2) is 0 Å². The highest BCUT2D eigenvalue weighted by Gasteiger charge is 2.24. The minimum Gasteiger partial charge on any atom is -0.493 e. The molecule has 0 spiro atoms. The van der Waals surface area contributed by atoms with Crippen LogP contribution in [0.4, 0.5) is 0 Å². The van der Waals surface area contributed by atoms with Crippen molar-refractivity contribution in [3.05, 3.63) is 23.8 Å². The number of methoxy groups -OCH3 is 3. The molecule has 2 rings (SSSR count). The summed E-state index contributed by atoms with van der Waals surface area (Å²) in [5.41, 5.74) is 0.587. The van der Waals surface area contributed by atoms with Crippen molar-refractivity contribution in [2.45, 2.75) is 12.8 Å². The van der Waals surface area contributed by atoms with Crippen LogP contribution in [0.3, 0.4) is 0 Å². The van der Waals surface area contributed by atoms with Gasteiger partial charge in [-0.1, -0.05) is 0 Å². The van der Waals surface area contributed by atoms with E-state index in [0.717, 1.165) is 12.8 Å². The van der Waals surface area contributed by atoms with E-state index in [9.17, 15) is 9.59 Å². The summed E-state index contributed by atoms with van der Waals surface area (Å²) in [5.74, 6) is 1.41. The summed E-state index contributed by atoms with van der Waals surface area (Å²) < 4.78 is 15.3. The zero-order valence-electron chi connectivity index (χ0n) is 15.0. The van der Waals surface area contributed by atoms with Crippen molar-refractivity contribution in [3.8, 4) is 11.5 Å². The normalized spacial score (nSPS) is 14.9. The Hall–Kier alpha value is -2.28. The van der Waals surface area contributed by atoms with Gasteiger partial charge in [0.05, 0.1) is 14.2 Å². The minimum absolute atomic E-state index is 0.0113. The molecule has 138 valence electrons. The predicted octanol–water partition coefficient (Wildman–Crippen LogP) is 1.32. The number of ether oxygens (including phenoxy) is 3. The molecule has 0 atom stereocenters. The molecule has 7 nitrogen and oxygen atoms in total. The summed E-state index contributed by atoms with van der Waals surface area (Å²) in [6.07, 6.45) is 1.73. The maximum absolute atomic E-state index is 12.7. The van der Waals surface area contributed by atoms with Gasteiger partial charge in [0, 0.05) is 32.3 Å². The van der Waals surface area contributed by atoms with Crippen LogP contribution in [0, 0.1) is 5.92 Å². The first kappa shape index (κ1) is 19.1. The first-order valence-electron chi connectivity index (χ1n) is 8.36. The zero-order valence-corrected chi connectivity index (χ0v) is 15.0. The molecule has 0 unspecified atom stereocenters. The molecule has 7 heteroatoms. The minimum atomic E-state index is -0.105. The number of rotatable bonds is 7. The first-order valence-corrected chi connectivity index (χ1v) is 8.36. The van der Waals surface area contributed by atoms with Crippen molar-refractivity contribution >= 4 is 11.8 Å². The Morgan fingerprint density at radius 3 is 2.40 bits per heavy atom. The van der Waals surface area contributed by atoms with Crippen molar-refractivity contribution in [2.24, 2.45) is 5.92 Å². The van der Waals surface area contributed by atoms with E-state index in [1.807, 2.05) is 4.90 Å². The standard InChI is InChI=1S/C18H26N2O5/c1-23-12-17(21)19-11-13-6-8-20(9-7-13)18(22)14-4-5-15(24-2)16(10-14)25-3/h4-5,10,13H,6-9,11-12H2,1-3H3,(H,19,21). The van der Waals surface area contributed by atoms with Crippen LogP contribution < -0.4 is 14.8 Å². The van der Waals surface area contributed by atoms with Crippen LogP contribution in [0.1, 0.15) is 23.2 Å². The van der Waals surface area contributed by atoms with Crippen LogP contribution in [0.2, 0.25) is 0 Å². The number of hydrogen-bond acceptors (Lipinski definition) is 5. The molecule has 0 aliphatic carbocycles. The second-order valence-corrected chi connectivity index (χ2v) is 6.04. The Labute approximate surface area is 148 Å². The number of carbonyl (C=O) groups excluding carboxylic acids is 2. The Kier molecular flexibility index (Phi) is 7.06. The molecule has 1 N–H and O–H groups in total. The summed E-state index contributed by atoms with van der Waals surface area (Å²) in [6, 6.07) is 5.20. The fraction of sp³-hybridized carbons (Fsp3) is 0.556. The lowest BCUT2D eigenvalue weighted by Gasteiger charge is -2.32. The van der Waals surface area contributed by atoms with Crippen LogP contribution in [-0.4, -0.2) is 64.3 Å². The fourth-order valence-electron chi connectivity index (χ4n) is 2.93. The second kappa shape index (κ2) is 9.27. The highest BCUT2D eigenvalue weighted by Crippen LogP contribution is 2.28. The van der Waals surface area contributed by atoms with Crippen LogP contribution >= 0.6 is 0 Å². The molecular formula is C18H26N2O5. The molecule has 1 aromatic carbocycles. The number of nitrogens with zero attached hydrogens (tertiary/aromatic N) is 1. The lowest BCUT2D eigenvalue weighted by molar-refractivity contribution is -0.125. The molecule has 0 aromatic heterocycles. The van der Waals surface area contributed by atoms with Gasteiger partial charge in [-0.2, -0.15) is 0 Å². The number of carbonyl (C=O) groups is 2. The van der Waals surface area contributed by atoms with Gasteiger partial charge in [0.25, 0.3) is 5.91 Å². The van der Waals surface area contributed by atoms with Gasteiger partial charge in [0.2, 0.25) is 5.91 Å². The smallest absolute Gasteiger partial charge is 0.253 e. The average Bonchev–Trinajstić information content (AvgIpc) is 2.65. The van der Waals surface area contributed by atoms with Crippen molar-refractivity contribution in [1.29, 1.82) is 0 Å². The molecule has 1 heterocycles. The fourth-order valence-corrected chi connectivity index (χ4v) is 2.93. The Bertz CT molecular complexity index is 597. The third-order valence-electron chi connectivity index (χ3n) is 4.40. The van der Waals surface area contributed by atoms with E-state index in [4.69, 9.17) is 14.2 Å². The van der Waals surface area contributed by atoms with E-state index in [1.165, 1.54) is 7.11 Å². The zero-order chi connectivity index (χ0) is 18.2. The first-order chi connectivity index (χ1) is 12.1. The van der Waals surface area contributed by atoms with Gasteiger partial charge >= 0.3 is 0 Å². The van der Waals surface area contributed by atoms with Gasteiger partial charge < -0.3 is 24.4 Å². The summed E-state index contributed by atoms with van der Waals surface area (Å²) in [7, 11) is 4.61. The molecule has 0 bridgehead atoms. The monoisotopic (exact) mass is 350 g/mol. The van der Waals surface area contributed by atoms with E-state index in [1.54, 1.807) is 32.4 Å². The lowest BCUT2D eigenvalue weighted by atomic mass is 9.96. The Morgan fingerprint density at radius 1 is 1.12 bits per heavy atom. The van der Waals surface area contributed by atoms with E-state index >= 15 is 0 Å². The number of benzene rings is 1. The molecule has 0 saturated carbocycles. The van der Waals surface area contributed by atoms with Gasteiger partial charge in [0.15, 0.2) is 11.5 Å². The molecule has 1 aliphatic heterocycles. The van der Waals surface area contributed by atoms with Gasteiger partial charge in [-0.15, -0.1) is 0 Å². The summed E-state index contributed by atoms with van der Waals surface area (Å²) in [4.78, 5) is 25.9. The third-order valence-corrected chi connectivity index (χ3v) is 4.40. The van der Waals surface area contributed by atoms with Crippen LogP contribution in [0.15, 0.2) is 18.2 Å². The van der Waals surface area contributed by atoms with Crippen molar-refractivity contribution in [3.63, 3.8) is 0 Å². The SMILES string of the molecule is COCC(=O)NCC1CCN(C(=O)c2ccc(OC)c(OC)c2)CC1. The summed E-state index contributed by atoms with van der Waals surface area (Å²) >= 11 is 0. The van der Waals surface area contributed by atoms with Gasteiger partial charge in [-0.3, -0.25) is 9.59 Å². The largest absolute Gasteiger partial charge is 0.493 e. The Balaban J connectivity index is 1.88. The molecule has 1 aliphatic rings. The highest BCUT2D eigenvalue weighted by atomic mass is 16.5. The molecule has 0 radical (unpaired) electrons. The summed E-state index contributed by atoms with van der Waals surface area (Å²) in [6.45, 7) is 2.06. The van der Waals surface area contributed by atoms with Crippen LogP contribution in [0.25, 0.3) is 0 Å². The van der Waals surface area contributed by atoms with Crippen LogP contribution in [-0.2, 0) is 9.53 Å². The number of hydrogen-bond donors (Lipinski definition) is 1.